The van der Waals surface area contributed by atoms with Crippen molar-refractivity contribution in [3.8, 4) is 5.75 Å². The fourth-order valence-corrected chi connectivity index (χ4v) is 1.58. The van der Waals surface area contributed by atoms with Crippen LogP contribution < -0.4 is 15.6 Å². The fraction of sp³-hybridized carbons (Fsp3) is 0.0769. The Morgan fingerprint density at radius 3 is 2.61 bits per heavy atom. The number of nitrogens with one attached hydrogen (secondary N) is 1. The second-order valence-corrected chi connectivity index (χ2v) is 3.84. The molecule has 5 heteroatoms. The van der Waals surface area contributed by atoms with E-state index < -0.39 is 0 Å². The van der Waals surface area contributed by atoms with Crippen LogP contribution in [0.3, 0.4) is 0 Å². The lowest BCUT2D eigenvalue weighted by atomic mass is 10.2. The van der Waals surface area contributed by atoms with Crippen molar-refractivity contribution in [1.82, 2.24) is 0 Å². The van der Waals surface area contributed by atoms with Gasteiger partial charge < -0.3 is 16.2 Å². The van der Waals surface area contributed by atoms with E-state index in [0.717, 1.165) is 0 Å². The SMILES string of the molecule is Nc1cccc(O)c1NC(=O)C[n+]1ccccc1. The summed E-state index contributed by atoms with van der Waals surface area (Å²) in [5.41, 5.74) is 6.27. The van der Waals surface area contributed by atoms with Crippen LogP contribution in [0.2, 0.25) is 0 Å². The Morgan fingerprint density at radius 2 is 1.94 bits per heavy atom. The molecule has 0 saturated carbocycles. The lowest BCUT2D eigenvalue weighted by Gasteiger charge is -2.08. The van der Waals surface area contributed by atoms with Crippen LogP contribution in [0.5, 0.6) is 5.75 Å². The number of carbonyl (C=O) groups is 1. The van der Waals surface area contributed by atoms with E-state index in [0.29, 0.717) is 5.69 Å². The van der Waals surface area contributed by atoms with Crippen LogP contribution in [0.1, 0.15) is 0 Å². The number of benzene rings is 1. The van der Waals surface area contributed by atoms with Gasteiger partial charge in [0.2, 0.25) is 6.54 Å². The van der Waals surface area contributed by atoms with Gasteiger partial charge in [-0.3, -0.25) is 4.79 Å². The smallest absolute Gasteiger partial charge is 0.290 e. The summed E-state index contributed by atoms with van der Waals surface area (Å²) < 4.78 is 1.73. The van der Waals surface area contributed by atoms with Crippen molar-refractivity contribution in [3.63, 3.8) is 0 Å². The third-order valence-corrected chi connectivity index (χ3v) is 2.44. The van der Waals surface area contributed by atoms with Gasteiger partial charge in [0.05, 0.1) is 5.69 Å². The Labute approximate surface area is 104 Å². The minimum Gasteiger partial charge on any atom is -0.506 e. The van der Waals surface area contributed by atoms with Gasteiger partial charge in [-0.25, -0.2) is 0 Å². The molecule has 4 N–H and O–H groups in total. The zero-order valence-electron chi connectivity index (χ0n) is 9.71. The van der Waals surface area contributed by atoms with Gasteiger partial charge >= 0.3 is 0 Å². The number of nitrogens with zero attached hydrogens (tertiary/aromatic N) is 1. The average molecular weight is 244 g/mol. The van der Waals surface area contributed by atoms with E-state index in [4.69, 9.17) is 5.73 Å². The standard InChI is InChI=1S/C13H13N3O2/c14-10-5-4-6-11(17)13(10)15-12(18)9-16-7-2-1-3-8-16/h1-8H,9,14H2,(H-,15,17,18)/p+1. The molecule has 1 aromatic heterocycles. The first-order valence-corrected chi connectivity index (χ1v) is 5.48. The molecule has 0 aliphatic heterocycles. The number of carbonyl (C=O) groups excluding carboxylic acids is 1. The summed E-state index contributed by atoms with van der Waals surface area (Å²) in [4.78, 5) is 11.8. The number of anilines is 2. The highest BCUT2D eigenvalue weighted by Gasteiger charge is 2.12. The van der Waals surface area contributed by atoms with E-state index in [1.165, 1.54) is 6.07 Å². The van der Waals surface area contributed by atoms with Gasteiger partial charge in [-0.15, -0.1) is 0 Å². The number of phenols is 1. The number of hydrogen-bond donors (Lipinski definition) is 3. The monoisotopic (exact) mass is 244 g/mol. The molecule has 1 aromatic carbocycles. The predicted molar refractivity (Wildman–Crippen MR) is 67.8 cm³/mol. The number of amides is 1. The predicted octanol–water partition coefficient (Wildman–Crippen LogP) is 0.901. The molecule has 92 valence electrons. The molecule has 5 nitrogen and oxygen atoms in total. The maximum atomic E-state index is 11.8. The summed E-state index contributed by atoms with van der Waals surface area (Å²) in [5.74, 6) is -0.291. The first kappa shape index (κ1) is 11.9. The summed E-state index contributed by atoms with van der Waals surface area (Å²) in [7, 11) is 0. The minimum atomic E-state index is -0.251. The minimum absolute atomic E-state index is 0.0404. The molecule has 18 heavy (non-hydrogen) atoms. The van der Waals surface area contributed by atoms with Gasteiger partial charge in [-0.05, 0) is 12.1 Å². The normalized spacial score (nSPS) is 10.0. The maximum absolute atomic E-state index is 11.8. The van der Waals surface area contributed by atoms with Crippen molar-refractivity contribution in [2.75, 3.05) is 11.1 Å². The summed E-state index contributed by atoms with van der Waals surface area (Å²) in [6.45, 7) is 0.161. The highest BCUT2D eigenvalue weighted by Crippen LogP contribution is 2.28. The molecule has 0 spiro atoms. The molecule has 1 amide bonds. The highest BCUT2D eigenvalue weighted by molar-refractivity contribution is 5.95. The molecule has 2 rings (SSSR count). The van der Waals surface area contributed by atoms with Crippen molar-refractivity contribution >= 4 is 17.3 Å². The summed E-state index contributed by atoms with van der Waals surface area (Å²) in [5, 5.41) is 12.2. The van der Waals surface area contributed by atoms with Gasteiger partial charge in [-0.1, -0.05) is 12.1 Å². The van der Waals surface area contributed by atoms with Crippen molar-refractivity contribution in [3.05, 3.63) is 48.8 Å². The van der Waals surface area contributed by atoms with E-state index in [-0.39, 0.29) is 23.9 Å². The van der Waals surface area contributed by atoms with Crippen LogP contribution in [0.4, 0.5) is 11.4 Å². The van der Waals surface area contributed by atoms with Crippen molar-refractivity contribution in [2.24, 2.45) is 0 Å². The first-order chi connectivity index (χ1) is 8.66. The summed E-state index contributed by atoms with van der Waals surface area (Å²) in [6, 6.07) is 10.2. The van der Waals surface area contributed by atoms with Gasteiger partial charge in [0.1, 0.15) is 11.4 Å². The van der Waals surface area contributed by atoms with Crippen LogP contribution in [0.15, 0.2) is 48.8 Å². The number of aromatic nitrogens is 1. The first-order valence-electron chi connectivity index (χ1n) is 5.48. The maximum Gasteiger partial charge on any atom is 0.290 e. The lowest BCUT2D eigenvalue weighted by molar-refractivity contribution is -0.684. The molecule has 1 heterocycles. The van der Waals surface area contributed by atoms with Gasteiger partial charge in [0.25, 0.3) is 5.91 Å². The molecule has 0 fully saturated rings. The third-order valence-electron chi connectivity index (χ3n) is 2.44. The number of para-hydroxylation sites is 1. The van der Waals surface area contributed by atoms with E-state index in [1.54, 1.807) is 29.1 Å². The van der Waals surface area contributed by atoms with E-state index >= 15 is 0 Å². The number of nitrogen functional groups attached to an aromatic ring is 1. The number of aromatic hydroxyl groups is 1. The third kappa shape index (κ3) is 2.76. The Bertz CT molecular complexity index is 535. The van der Waals surface area contributed by atoms with E-state index in [9.17, 15) is 9.90 Å². The topological polar surface area (TPSA) is 79.2 Å². The second kappa shape index (κ2) is 5.18. The molecule has 0 saturated heterocycles. The largest absolute Gasteiger partial charge is 0.506 e. The second-order valence-electron chi connectivity index (χ2n) is 3.84. The molecule has 0 bridgehead atoms. The summed E-state index contributed by atoms with van der Waals surface area (Å²) >= 11 is 0. The van der Waals surface area contributed by atoms with Crippen LogP contribution in [-0.2, 0) is 11.3 Å². The fourth-order valence-electron chi connectivity index (χ4n) is 1.58. The number of rotatable bonds is 3. The molecule has 0 unspecified atom stereocenters. The number of pyridine rings is 1. The summed E-state index contributed by atoms with van der Waals surface area (Å²) in [6.07, 6.45) is 3.57. The Morgan fingerprint density at radius 1 is 1.22 bits per heavy atom. The number of hydrogen-bond acceptors (Lipinski definition) is 3. The molecule has 0 radical (unpaired) electrons. The van der Waals surface area contributed by atoms with Crippen LogP contribution >= 0.6 is 0 Å². The Kier molecular flexibility index (Phi) is 3.43. The molecule has 2 aromatic rings. The molecular weight excluding hydrogens is 230 g/mol. The van der Waals surface area contributed by atoms with E-state index in [1.807, 2.05) is 18.2 Å². The average Bonchev–Trinajstić information content (AvgIpc) is 2.35. The Hall–Kier alpha value is -2.56. The van der Waals surface area contributed by atoms with Crippen molar-refractivity contribution < 1.29 is 14.5 Å². The Balaban J connectivity index is 2.08. The lowest BCUT2D eigenvalue weighted by Crippen LogP contribution is -2.39. The van der Waals surface area contributed by atoms with Crippen molar-refractivity contribution in [2.45, 2.75) is 6.54 Å². The van der Waals surface area contributed by atoms with Crippen molar-refractivity contribution in [1.29, 1.82) is 0 Å². The van der Waals surface area contributed by atoms with Gasteiger partial charge in [0, 0.05) is 12.1 Å². The molecule has 0 atom stereocenters. The zero-order valence-corrected chi connectivity index (χ0v) is 9.71. The number of nitrogens with two attached hydrogens (primary N) is 1. The quantitative estimate of drug-likeness (QED) is 0.426. The van der Waals surface area contributed by atoms with Gasteiger partial charge in [-0.2, -0.15) is 4.57 Å². The van der Waals surface area contributed by atoms with Crippen LogP contribution in [-0.4, -0.2) is 11.0 Å². The zero-order chi connectivity index (χ0) is 13.0. The molecular formula is C13H14N3O2+. The van der Waals surface area contributed by atoms with E-state index in [2.05, 4.69) is 5.32 Å². The van der Waals surface area contributed by atoms with Gasteiger partial charge in [0.15, 0.2) is 12.4 Å². The molecule has 0 aliphatic carbocycles. The van der Waals surface area contributed by atoms with Crippen LogP contribution in [0, 0.1) is 0 Å². The van der Waals surface area contributed by atoms with Crippen LogP contribution in [0.25, 0.3) is 0 Å². The molecule has 0 aliphatic rings. The number of phenolic OH excluding ortho intramolecular Hbond substituents is 1. The highest BCUT2D eigenvalue weighted by atomic mass is 16.3.